The van der Waals surface area contributed by atoms with Crippen LogP contribution in [0.1, 0.15) is 21.3 Å². The Morgan fingerprint density at radius 3 is 1.27 bits per heavy atom. The van der Waals surface area contributed by atoms with Gasteiger partial charge in [0.2, 0.25) is 0 Å². The summed E-state index contributed by atoms with van der Waals surface area (Å²) >= 11 is 6.00. The summed E-state index contributed by atoms with van der Waals surface area (Å²) in [6, 6.07) is 19.8. The molecule has 0 aliphatic heterocycles. The maximum atomic E-state index is 4.54. The van der Waals surface area contributed by atoms with E-state index < -0.39 is 0 Å². The summed E-state index contributed by atoms with van der Waals surface area (Å²) < 4.78 is 0. The topological polar surface area (TPSA) is 24.7 Å². The summed E-state index contributed by atoms with van der Waals surface area (Å²) in [5.41, 5.74) is 3.78. The van der Waals surface area contributed by atoms with E-state index in [1.54, 1.807) is 0 Å². The molecule has 0 saturated carbocycles. The molecular weight excluding hydrogens is 451 g/mol. The fourth-order valence-electron chi connectivity index (χ4n) is 1.55. The Morgan fingerprint density at radius 2 is 1.00 bits per heavy atom. The van der Waals surface area contributed by atoms with Crippen LogP contribution >= 0.6 is 28.5 Å². The average molecular weight is 471 g/mol. The SMILES string of the molecule is C.CC(=Nc1ccccc1)C(C)=Nc1ccccc1.[Br][Ni][Br]. The molecule has 2 nitrogen and oxygen atoms in total. The molecule has 0 bridgehead atoms. The van der Waals surface area contributed by atoms with E-state index in [-0.39, 0.29) is 7.43 Å². The van der Waals surface area contributed by atoms with Gasteiger partial charge in [0.25, 0.3) is 0 Å². The van der Waals surface area contributed by atoms with E-state index in [9.17, 15) is 0 Å². The zero-order valence-electron chi connectivity index (χ0n) is 11.7. The summed E-state index contributed by atoms with van der Waals surface area (Å²) in [7, 11) is 1.25. The van der Waals surface area contributed by atoms with Crippen LogP contribution in [0.2, 0.25) is 0 Å². The predicted octanol–water partition coefficient (Wildman–Crippen LogP) is 6.90. The summed E-state index contributed by atoms with van der Waals surface area (Å²) in [5.74, 6) is 0. The van der Waals surface area contributed by atoms with E-state index in [2.05, 4.69) is 38.4 Å². The number of rotatable bonds is 3. The number of aliphatic imine (C=N–C) groups is 2. The molecule has 0 amide bonds. The predicted molar refractivity (Wildman–Crippen MR) is 103 cm³/mol. The maximum absolute atomic E-state index is 4.54. The second-order valence-electron chi connectivity index (χ2n) is 4.11. The van der Waals surface area contributed by atoms with Crippen LogP contribution in [-0.2, 0) is 10.9 Å². The molecule has 2 aromatic carbocycles. The molecule has 0 fully saturated rings. The first kappa shape index (κ1) is 21.2. The van der Waals surface area contributed by atoms with Gasteiger partial charge in [-0.05, 0) is 38.1 Å². The van der Waals surface area contributed by atoms with E-state index in [0.29, 0.717) is 0 Å². The van der Waals surface area contributed by atoms with Crippen molar-refractivity contribution in [2.24, 2.45) is 9.98 Å². The Labute approximate surface area is 153 Å². The summed E-state index contributed by atoms with van der Waals surface area (Å²) in [6.07, 6.45) is 0. The van der Waals surface area contributed by atoms with Gasteiger partial charge in [0.1, 0.15) is 0 Å². The van der Waals surface area contributed by atoms with Crippen molar-refractivity contribution in [2.75, 3.05) is 0 Å². The minimum absolute atomic E-state index is 0. The second kappa shape index (κ2) is 12.7. The number of para-hydroxylation sites is 2. The van der Waals surface area contributed by atoms with Crippen LogP contribution in [0.5, 0.6) is 0 Å². The van der Waals surface area contributed by atoms with E-state index in [4.69, 9.17) is 0 Å². The molecular formula is C17H20Br2N2Ni. The van der Waals surface area contributed by atoms with E-state index in [1.807, 2.05) is 74.5 Å². The molecule has 2 aromatic rings. The minimum atomic E-state index is 0. The van der Waals surface area contributed by atoms with Gasteiger partial charge < -0.3 is 0 Å². The third-order valence-corrected chi connectivity index (χ3v) is 2.63. The van der Waals surface area contributed by atoms with Gasteiger partial charge in [0.15, 0.2) is 0 Å². The zero-order chi connectivity index (χ0) is 15.5. The Bertz CT molecular complexity index is 531. The molecule has 0 spiro atoms. The van der Waals surface area contributed by atoms with Crippen LogP contribution in [-0.4, -0.2) is 11.4 Å². The van der Waals surface area contributed by atoms with Gasteiger partial charge >= 0.3 is 39.3 Å². The van der Waals surface area contributed by atoms with E-state index in [1.165, 1.54) is 10.9 Å². The third-order valence-electron chi connectivity index (χ3n) is 2.63. The summed E-state index contributed by atoms with van der Waals surface area (Å²) in [6.45, 7) is 3.96. The summed E-state index contributed by atoms with van der Waals surface area (Å²) in [5, 5.41) is 0. The van der Waals surface area contributed by atoms with Gasteiger partial charge in [-0.15, -0.1) is 0 Å². The molecule has 0 aliphatic rings. The van der Waals surface area contributed by atoms with Crippen molar-refractivity contribution < 1.29 is 10.9 Å². The van der Waals surface area contributed by atoms with Crippen molar-refractivity contribution in [3.05, 3.63) is 60.7 Å². The van der Waals surface area contributed by atoms with Crippen LogP contribution in [0.15, 0.2) is 70.6 Å². The third kappa shape index (κ3) is 8.62. The standard InChI is InChI=1S/C16H16N2.CH4.2BrH.Ni/c1-13(17-15-9-5-3-6-10-15)14(2)18-16-11-7-4-8-12-16;;;;/h3-12H,1-2H3;1H4;2*1H;/q;;;;+2/p-2. The van der Waals surface area contributed by atoms with E-state index in [0.717, 1.165) is 22.8 Å². The van der Waals surface area contributed by atoms with Crippen molar-refractivity contribution in [1.82, 2.24) is 0 Å². The van der Waals surface area contributed by atoms with Crippen molar-refractivity contribution in [2.45, 2.75) is 21.3 Å². The molecule has 122 valence electrons. The summed E-state index contributed by atoms with van der Waals surface area (Å²) in [4.78, 5) is 9.08. The van der Waals surface area contributed by atoms with Crippen LogP contribution < -0.4 is 0 Å². The van der Waals surface area contributed by atoms with Crippen molar-refractivity contribution >= 4 is 51.2 Å². The second-order valence-corrected chi connectivity index (χ2v) is 9.09. The molecule has 5 heteroatoms. The Kier molecular flexibility index (Phi) is 12.3. The number of nitrogens with zero attached hydrogens (tertiary/aromatic N) is 2. The van der Waals surface area contributed by atoms with Gasteiger partial charge in [-0.1, -0.05) is 43.8 Å². The van der Waals surface area contributed by atoms with Gasteiger partial charge in [-0.3, -0.25) is 9.98 Å². The number of hydrogen-bond acceptors (Lipinski definition) is 2. The quantitative estimate of drug-likeness (QED) is 0.344. The van der Waals surface area contributed by atoms with E-state index >= 15 is 0 Å². The van der Waals surface area contributed by atoms with Crippen molar-refractivity contribution in [3.63, 3.8) is 0 Å². The molecule has 0 unspecified atom stereocenters. The fourth-order valence-corrected chi connectivity index (χ4v) is 1.55. The molecule has 0 radical (unpaired) electrons. The average Bonchev–Trinajstić information content (AvgIpc) is 2.50. The first-order valence-electron chi connectivity index (χ1n) is 6.20. The first-order valence-corrected chi connectivity index (χ1v) is 11.1. The number of hydrogen-bond donors (Lipinski definition) is 0. The molecule has 2 rings (SSSR count). The molecule has 0 N–H and O–H groups in total. The normalized spacial score (nSPS) is 11.3. The molecule has 22 heavy (non-hydrogen) atoms. The number of halogens is 2. The van der Waals surface area contributed by atoms with Crippen LogP contribution in [0.4, 0.5) is 11.4 Å². The fraction of sp³-hybridized carbons (Fsp3) is 0.176. The first-order chi connectivity index (χ1) is 10.2. The van der Waals surface area contributed by atoms with Crippen molar-refractivity contribution in [3.8, 4) is 0 Å². The van der Waals surface area contributed by atoms with Crippen LogP contribution in [0.3, 0.4) is 0 Å². The monoisotopic (exact) mass is 468 g/mol. The molecule has 0 saturated heterocycles. The Morgan fingerprint density at radius 1 is 0.727 bits per heavy atom. The van der Waals surface area contributed by atoms with Crippen molar-refractivity contribution in [1.29, 1.82) is 0 Å². The molecule has 0 aliphatic carbocycles. The Balaban J connectivity index is 0.00000102. The molecule has 0 heterocycles. The van der Waals surface area contributed by atoms with Gasteiger partial charge in [-0.2, -0.15) is 0 Å². The van der Waals surface area contributed by atoms with Gasteiger partial charge in [0, 0.05) is 0 Å². The van der Waals surface area contributed by atoms with Gasteiger partial charge in [0.05, 0.1) is 22.8 Å². The molecule has 0 aromatic heterocycles. The Hall–Kier alpha value is -0.766. The van der Waals surface area contributed by atoms with Gasteiger partial charge in [-0.25, -0.2) is 0 Å². The van der Waals surface area contributed by atoms with Crippen LogP contribution in [0.25, 0.3) is 0 Å². The molecule has 0 atom stereocenters. The number of benzene rings is 2. The zero-order valence-corrected chi connectivity index (χ0v) is 15.9. The van der Waals surface area contributed by atoms with Crippen LogP contribution in [0, 0.1) is 0 Å².